The third-order valence-electron chi connectivity index (χ3n) is 3.76. The molecule has 7 nitrogen and oxygen atoms in total. The quantitative estimate of drug-likeness (QED) is 0.847. The van der Waals surface area contributed by atoms with Gasteiger partial charge in [0, 0.05) is 31.4 Å². The molecule has 2 aromatic heterocycles. The molecule has 0 saturated carbocycles. The zero-order valence-corrected chi connectivity index (χ0v) is 13.6. The summed E-state index contributed by atoms with van der Waals surface area (Å²) in [6.45, 7) is 0.999. The number of sulfonamides is 1. The Morgan fingerprint density at radius 2 is 2.13 bits per heavy atom. The Morgan fingerprint density at radius 1 is 1.26 bits per heavy atom. The van der Waals surface area contributed by atoms with Crippen molar-refractivity contribution in [2.75, 3.05) is 19.3 Å². The van der Waals surface area contributed by atoms with Crippen LogP contribution in [0.4, 0.5) is 0 Å². The van der Waals surface area contributed by atoms with Crippen molar-refractivity contribution in [3.8, 4) is 11.6 Å². The fourth-order valence-corrected chi connectivity index (χ4v) is 3.53. The van der Waals surface area contributed by atoms with Crippen molar-refractivity contribution in [2.24, 2.45) is 0 Å². The first-order valence-corrected chi connectivity index (χ1v) is 9.22. The molecule has 3 rings (SSSR count). The highest BCUT2D eigenvalue weighted by atomic mass is 32.2. The first-order valence-electron chi connectivity index (χ1n) is 7.37. The van der Waals surface area contributed by atoms with E-state index in [0.717, 1.165) is 18.5 Å². The van der Waals surface area contributed by atoms with Crippen molar-refractivity contribution in [1.29, 1.82) is 0 Å². The van der Waals surface area contributed by atoms with Gasteiger partial charge in [0.2, 0.25) is 15.9 Å². The summed E-state index contributed by atoms with van der Waals surface area (Å²) in [6, 6.07) is 3.56. The number of pyridine rings is 1. The molecule has 1 aliphatic heterocycles. The normalized spacial score (nSPS) is 19.4. The summed E-state index contributed by atoms with van der Waals surface area (Å²) in [5.74, 6) is 0.996. The van der Waals surface area contributed by atoms with E-state index in [4.69, 9.17) is 4.74 Å². The van der Waals surface area contributed by atoms with Crippen LogP contribution < -0.4 is 4.74 Å². The number of piperidine rings is 1. The summed E-state index contributed by atoms with van der Waals surface area (Å²) in [4.78, 5) is 12.6. The van der Waals surface area contributed by atoms with E-state index >= 15 is 0 Å². The van der Waals surface area contributed by atoms with E-state index in [2.05, 4.69) is 15.0 Å². The Balaban J connectivity index is 1.77. The van der Waals surface area contributed by atoms with E-state index in [0.29, 0.717) is 24.7 Å². The van der Waals surface area contributed by atoms with Crippen LogP contribution in [0.1, 0.15) is 24.5 Å². The van der Waals surface area contributed by atoms with Gasteiger partial charge in [0.25, 0.3) is 0 Å². The van der Waals surface area contributed by atoms with Crippen LogP contribution in [0.3, 0.4) is 0 Å². The van der Waals surface area contributed by atoms with E-state index in [1.54, 1.807) is 30.7 Å². The molecule has 0 radical (unpaired) electrons. The van der Waals surface area contributed by atoms with Gasteiger partial charge in [-0.1, -0.05) is 0 Å². The fraction of sp³-hybridized carbons (Fsp3) is 0.400. The topological polar surface area (TPSA) is 85.3 Å². The van der Waals surface area contributed by atoms with Gasteiger partial charge in [0.15, 0.2) is 0 Å². The van der Waals surface area contributed by atoms with E-state index in [1.165, 1.54) is 16.8 Å². The van der Waals surface area contributed by atoms with Gasteiger partial charge in [-0.05, 0) is 25.0 Å². The molecule has 1 fully saturated rings. The van der Waals surface area contributed by atoms with E-state index in [9.17, 15) is 8.42 Å². The predicted molar refractivity (Wildman–Crippen MR) is 84.7 cm³/mol. The second-order valence-electron chi connectivity index (χ2n) is 5.53. The molecule has 1 saturated heterocycles. The predicted octanol–water partition coefficient (Wildman–Crippen LogP) is 1.80. The standard InChI is InChI=1S/C15H18N4O3S/c1-23(20,21)19-7-3-4-12(11-19)14-9-17-10-15(18-14)22-13-5-2-6-16-8-13/h2,5-6,8-10,12H,3-4,7,11H2,1H3. The van der Waals surface area contributed by atoms with Gasteiger partial charge < -0.3 is 4.74 Å². The number of nitrogens with zero attached hydrogens (tertiary/aromatic N) is 4. The third kappa shape index (κ3) is 4.02. The van der Waals surface area contributed by atoms with Gasteiger partial charge in [-0.15, -0.1) is 0 Å². The SMILES string of the molecule is CS(=O)(=O)N1CCCC(c2cncc(Oc3cccnc3)n2)C1. The number of ether oxygens (including phenoxy) is 1. The highest BCUT2D eigenvalue weighted by Crippen LogP contribution is 2.28. The van der Waals surface area contributed by atoms with Gasteiger partial charge >= 0.3 is 0 Å². The lowest BCUT2D eigenvalue weighted by Crippen LogP contribution is -2.38. The van der Waals surface area contributed by atoms with Crippen molar-refractivity contribution in [3.63, 3.8) is 0 Å². The first kappa shape index (κ1) is 15.8. The lowest BCUT2D eigenvalue weighted by atomic mass is 9.96. The minimum Gasteiger partial charge on any atom is -0.436 e. The highest BCUT2D eigenvalue weighted by Gasteiger charge is 2.28. The number of aromatic nitrogens is 3. The lowest BCUT2D eigenvalue weighted by Gasteiger charge is -2.30. The van der Waals surface area contributed by atoms with E-state index < -0.39 is 10.0 Å². The van der Waals surface area contributed by atoms with Gasteiger partial charge in [0.05, 0.1) is 24.3 Å². The van der Waals surface area contributed by atoms with Crippen molar-refractivity contribution < 1.29 is 13.2 Å². The van der Waals surface area contributed by atoms with Crippen molar-refractivity contribution in [1.82, 2.24) is 19.3 Å². The molecule has 0 spiro atoms. The first-order chi connectivity index (χ1) is 11.0. The molecule has 1 atom stereocenters. The van der Waals surface area contributed by atoms with Crippen LogP contribution in [-0.4, -0.2) is 47.0 Å². The largest absolute Gasteiger partial charge is 0.436 e. The van der Waals surface area contributed by atoms with Crippen LogP contribution in [0.15, 0.2) is 36.9 Å². The Morgan fingerprint density at radius 3 is 2.87 bits per heavy atom. The molecule has 0 aromatic carbocycles. The lowest BCUT2D eigenvalue weighted by molar-refractivity contribution is 0.312. The van der Waals surface area contributed by atoms with Gasteiger partial charge in [-0.2, -0.15) is 0 Å². The summed E-state index contributed by atoms with van der Waals surface area (Å²) in [7, 11) is -3.18. The summed E-state index contributed by atoms with van der Waals surface area (Å²) >= 11 is 0. The Kier molecular flexibility index (Phi) is 4.53. The second-order valence-corrected chi connectivity index (χ2v) is 7.52. The smallest absolute Gasteiger partial charge is 0.238 e. The molecule has 1 aliphatic rings. The summed E-state index contributed by atoms with van der Waals surface area (Å²) in [6.07, 6.45) is 9.41. The fourth-order valence-electron chi connectivity index (χ4n) is 2.62. The number of hydrogen-bond acceptors (Lipinski definition) is 6. The Bertz CT molecular complexity index is 767. The van der Waals surface area contributed by atoms with Crippen LogP contribution in [-0.2, 0) is 10.0 Å². The number of rotatable bonds is 4. The molecule has 8 heteroatoms. The van der Waals surface area contributed by atoms with Crippen molar-refractivity contribution in [2.45, 2.75) is 18.8 Å². The molecule has 0 amide bonds. The zero-order valence-electron chi connectivity index (χ0n) is 12.8. The maximum Gasteiger partial charge on any atom is 0.238 e. The molecule has 0 bridgehead atoms. The molecule has 0 aliphatic carbocycles. The second kappa shape index (κ2) is 6.59. The van der Waals surface area contributed by atoms with Gasteiger partial charge in [0.1, 0.15) is 5.75 Å². The van der Waals surface area contributed by atoms with Crippen molar-refractivity contribution >= 4 is 10.0 Å². The Hall–Kier alpha value is -2.06. The summed E-state index contributed by atoms with van der Waals surface area (Å²) in [5, 5.41) is 0. The van der Waals surface area contributed by atoms with Crippen LogP contribution in [0.25, 0.3) is 0 Å². The molecule has 23 heavy (non-hydrogen) atoms. The van der Waals surface area contributed by atoms with Crippen LogP contribution in [0.2, 0.25) is 0 Å². The van der Waals surface area contributed by atoms with E-state index in [1.807, 2.05) is 0 Å². The molecule has 0 N–H and O–H groups in total. The minimum atomic E-state index is -3.18. The van der Waals surface area contributed by atoms with E-state index in [-0.39, 0.29) is 5.92 Å². The molecule has 1 unspecified atom stereocenters. The highest BCUT2D eigenvalue weighted by molar-refractivity contribution is 7.88. The molecular weight excluding hydrogens is 316 g/mol. The summed E-state index contributed by atoms with van der Waals surface area (Å²) in [5.41, 5.74) is 0.750. The van der Waals surface area contributed by atoms with Crippen LogP contribution in [0, 0.1) is 0 Å². The zero-order chi connectivity index (χ0) is 16.3. The van der Waals surface area contributed by atoms with Crippen molar-refractivity contribution in [3.05, 3.63) is 42.6 Å². The Labute approximate surface area is 135 Å². The average Bonchev–Trinajstić information content (AvgIpc) is 2.55. The molecule has 122 valence electrons. The third-order valence-corrected chi connectivity index (χ3v) is 5.03. The molecular formula is C15H18N4O3S. The summed E-state index contributed by atoms with van der Waals surface area (Å²) < 4.78 is 30.6. The maximum absolute atomic E-state index is 11.7. The van der Waals surface area contributed by atoms with Crippen LogP contribution in [0.5, 0.6) is 11.6 Å². The molecule has 2 aromatic rings. The van der Waals surface area contributed by atoms with Gasteiger partial charge in [-0.25, -0.2) is 17.7 Å². The number of hydrogen-bond donors (Lipinski definition) is 0. The maximum atomic E-state index is 11.7. The monoisotopic (exact) mass is 334 g/mol. The molecule has 3 heterocycles. The van der Waals surface area contributed by atoms with Crippen LogP contribution >= 0.6 is 0 Å². The minimum absolute atomic E-state index is 0.0309. The average molecular weight is 334 g/mol. The van der Waals surface area contributed by atoms with Gasteiger partial charge in [-0.3, -0.25) is 9.97 Å².